The molecule has 9 rings (SSSR count). The van der Waals surface area contributed by atoms with E-state index in [2.05, 4.69) is 62.4 Å². The van der Waals surface area contributed by atoms with Crippen molar-refractivity contribution in [3.05, 3.63) is 247 Å². The molecule has 12 bridgehead atoms. The number of benzene rings is 8. The molecule has 1 aliphatic carbocycles. The third-order valence-electron chi connectivity index (χ3n) is 12.5. The van der Waals surface area contributed by atoms with E-state index in [0.717, 1.165) is 55.6 Å². The fourth-order valence-corrected chi connectivity index (χ4v) is 8.83. The van der Waals surface area contributed by atoms with E-state index < -0.39 is 0 Å². The number of fused-ring (bicyclic) bond motifs is 12. The van der Waals surface area contributed by atoms with Gasteiger partial charge in [-0.1, -0.05) is 169 Å². The summed E-state index contributed by atoms with van der Waals surface area (Å²) >= 11 is 0. The number of ether oxygens (including phenoxy) is 2. The van der Waals surface area contributed by atoms with Crippen LogP contribution in [-0.2, 0) is 51.7 Å². The second-order valence-corrected chi connectivity index (χ2v) is 17.1. The average molecular weight is 845 g/mol. The molecule has 6 heteroatoms. The number of hydrogen-bond acceptors (Lipinski definition) is 6. The van der Waals surface area contributed by atoms with E-state index in [0.29, 0.717) is 85.5 Å². The van der Waals surface area contributed by atoms with Crippen LogP contribution in [0.2, 0.25) is 0 Å². The van der Waals surface area contributed by atoms with Crippen molar-refractivity contribution in [2.75, 3.05) is 0 Å². The minimum atomic E-state index is 0.174. The fourth-order valence-electron chi connectivity index (χ4n) is 8.83. The van der Waals surface area contributed by atoms with E-state index in [1.165, 1.54) is 11.1 Å². The number of aromatic hydroxyl groups is 4. The van der Waals surface area contributed by atoms with Crippen LogP contribution in [-0.4, -0.2) is 20.4 Å². The second kappa shape index (κ2) is 18.5. The molecule has 0 unspecified atom stereocenters. The van der Waals surface area contributed by atoms with Gasteiger partial charge in [-0.05, 0) is 91.7 Å². The Morgan fingerprint density at radius 3 is 0.734 bits per heavy atom. The highest BCUT2D eigenvalue weighted by molar-refractivity contribution is 5.56. The van der Waals surface area contributed by atoms with Crippen LogP contribution in [0, 0.1) is 13.8 Å². The first-order chi connectivity index (χ1) is 31.2. The first kappa shape index (κ1) is 41.9. The Morgan fingerprint density at radius 1 is 0.297 bits per heavy atom. The van der Waals surface area contributed by atoms with Crippen molar-refractivity contribution >= 4 is 0 Å². The maximum Gasteiger partial charge on any atom is 0.126 e. The van der Waals surface area contributed by atoms with E-state index in [-0.39, 0.29) is 23.0 Å². The number of rotatable bonds is 6. The van der Waals surface area contributed by atoms with Crippen molar-refractivity contribution in [2.24, 2.45) is 0 Å². The molecule has 6 nitrogen and oxygen atoms in total. The van der Waals surface area contributed by atoms with Crippen LogP contribution in [0.5, 0.6) is 34.5 Å². The Bertz CT molecular complexity index is 2600. The molecule has 0 atom stereocenters. The molecule has 0 radical (unpaired) electrons. The lowest BCUT2D eigenvalue weighted by Gasteiger charge is -2.20. The topological polar surface area (TPSA) is 99.4 Å². The van der Waals surface area contributed by atoms with Gasteiger partial charge in [0.15, 0.2) is 0 Å². The van der Waals surface area contributed by atoms with E-state index >= 15 is 0 Å². The lowest BCUT2D eigenvalue weighted by molar-refractivity contribution is 0.300. The molecule has 0 fully saturated rings. The molecule has 8 aromatic rings. The van der Waals surface area contributed by atoms with Crippen molar-refractivity contribution in [3.8, 4) is 34.5 Å². The molecule has 0 saturated carbocycles. The highest BCUT2D eigenvalue weighted by atomic mass is 16.5. The van der Waals surface area contributed by atoms with Crippen molar-refractivity contribution in [1.82, 2.24) is 0 Å². The molecule has 0 saturated heterocycles. The number of aryl methyl sites for hydroxylation is 2. The van der Waals surface area contributed by atoms with Crippen molar-refractivity contribution in [1.29, 1.82) is 0 Å². The van der Waals surface area contributed by atoms with E-state index in [1.807, 2.05) is 109 Å². The third kappa shape index (κ3) is 9.18. The summed E-state index contributed by atoms with van der Waals surface area (Å²) < 4.78 is 13.4. The highest BCUT2D eigenvalue weighted by Gasteiger charge is 2.21. The zero-order chi connectivity index (χ0) is 44.2. The Morgan fingerprint density at radius 2 is 0.500 bits per heavy atom. The maximum absolute atomic E-state index is 11.9. The van der Waals surface area contributed by atoms with Crippen molar-refractivity contribution < 1.29 is 29.9 Å². The summed E-state index contributed by atoms with van der Waals surface area (Å²) in [5.74, 6) is 2.10. The van der Waals surface area contributed by atoms with Crippen molar-refractivity contribution in [2.45, 2.75) is 65.6 Å². The molecule has 4 N–H and O–H groups in total. The Labute approximate surface area is 375 Å². The van der Waals surface area contributed by atoms with E-state index in [9.17, 15) is 20.4 Å². The maximum atomic E-state index is 11.9. The van der Waals surface area contributed by atoms with Crippen LogP contribution in [0.4, 0.5) is 0 Å². The van der Waals surface area contributed by atoms with Gasteiger partial charge in [-0.25, -0.2) is 0 Å². The zero-order valence-electron chi connectivity index (χ0n) is 36.3. The minimum absolute atomic E-state index is 0.174. The van der Waals surface area contributed by atoms with Crippen LogP contribution in [0.1, 0.15) is 89.0 Å². The molecule has 0 aliphatic heterocycles. The summed E-state index contributed by atoms with van der Waals surface area (Å²) in [5, 5.41) is 47.6. The standard InChI is InChI=1S/C58H52O6/c1-37-21-25-39(26-22-37)35-63-57-49-17-7-18-50(57)32-46-14-4-10-42(54(46)60)30-44-12-6-16-48(56(44)62)34-52-20-8-19-51(58(52)64-36-40-27-23-38(2)24-28-40)33-47-15-5-11-43(55(47)61)29-41-9-3-13-45(31-49)53(41)59/h3-28,59-62H,29-36H2,1-2H3. The largest absolute Gasteiger partial charge is 0.507 e. The Hall–Kier alpha value is -7.44. The normalized spacial score (nSPS) is 12.5. The minimum Gasteiger partial charge on any atom is -0.507 e. The summed E-state index contributed by atoms with van der Waals surface area (Å²) in [6.45, 7) is 4.81. The lowest BCUT2D eigenvalue weighted by atomic mass is 9.91. The first-order valence-corrected chi connectivity index (χ1v) is 21.9. The third-order valence-corrected chi connectivity index (χ3v) is 12.5. The van der Waals surface area contributed by atoms with Gasteiger partial charge in [-0.3, -0.25) is 0 Å². The van der Waals surface area contributed by atoms with Crippen LogP contribution in [0.15, 0.2) is 158 Å². The molecule has 0 aromatic heterocycles. The van der Waals surface area contributed by atoms with Gasteiger partial charge >= 0.3 is 0 Å². The summed E-state index contributed by atoms with van der Waals surface area (Å²) in [6.07, 6.45) is 2.22. The SMILES string of the molecule is Cc1ccc(COc2c3cccc2Cc2cccc(c2O)Cc2cccc(c2O)Cc2cccc(c2OCc2ccc(C)cc2)Cc2cccc(c2O)Cc2cccc(c2O)C3)cc1. The van der Waals surface area contributed by atoms with Gasteiger partial charge in [0.05, 0.1) is 0 Å². The second-order valence-electron chi connectivity index (χ2n) is 17.1. The van der Waals surface area contributed by atoms with Crippen LogP contribution in [0.3, 0.4) is 0 Å². The van der Waals surface area contributed by atoms with Gasteiger partial charge in [0.25, 0.3) is 0 Å². The number of phenols is 4. The van der Waals surface area contributed by atoms with Crippen LogP contribution in [0.25, 0.3) is 0 Å². The molecule has 0 heterocycles. The van der Waals surface area contributed by atoms with Crippen LogP contribution < -0.4 is 9.47 Å². The monoisotopic (exact) mass is 844 g/mol. The van der Waals surface area contributed by atoms with Gasteiger partial charge in [-0.15, -0.1) is 0 Å². The molecule has 320 valence electrons. The average Bonchev–Trinajstić information content (AvgIpc) is 3.29. The summed E-state index contributed by atoms with van der Waals surface area (Å²) in [4.78, 5) is 0. The first-order valence-electron chi connectivity index (χ1n) is 21.9. The lowest BCUT2D eigenvalue weighted by Crippen LogP contribution is -2.05. The van der Waals surface area contributed by atoms with Crippen molar-refractivity contribution in [3.63, 3.8) is 0 Å². The number of para-hydroxylation sites is 6. The van der Waals surface area contributed by atoms with Gasteiger partial charge in [0, 0.05) is 38.5 Å². The molecular weight excluding hydrogens is 793 g/mol. The van der Waals surface area contributed by atoms with Gasteiger partial charge < -0.3 is 29.9 Å². The predicted octanol–water partition coefficient (Wildman–Crippen LogP) is 12.1. The van der Waals surface area contributed by atoms with E-state index in [1.54, 1.807) is 0 Å². The Kier molecular flexibility index (Phi) is 12.1. The van der Waals surface area contributed by atoms with E-state index in [4.69, 9.17) is 9.47 Å². The summed E-state index contributed by atoms with van der Waals surface area (Å²) in [6, 6.07) is 51.8. The fraction of sp³-hybridized carbons (Fsp3) is 0.172. The molecule has 0 amide bonds. The Balaban J connectivity index is 1.15. The molecule has 8 aromatic carbocycles. The quantitative estimate of drug-likeness (QED) is 0.133. The van der Waals surface area contributed by atoms with Gasteiger partial charge in [0.2, 0.25) is 0 Å². The smallest absolute Gasteiger partial charge is 0.126 e. The molecule has 0 spiro atoms. The summed E-state index contributed by atoms with van der Waals surface area (Å²) in [7, 11) is 0. The highest BCUT2D eigenvalue weighted by Crippen LogP contribution is 2.39. The summed E-state index contributed by atoms with van der Waals surface area (Å²) in [5.41, 5.74) is 13.7. The number of phenolic OH excluding ortho intramolecular Hbond substituents is 4. The zero-order valence-corrected chi connectivity index (χ0v) is 36.3. The van der Waals surface area contributed by atoms with Gasteiger partial charge in [-0.2, -0.15) is 0 Å². The molecule has 1 aliphatic rings. The molecule has 64 heavy (non-hydrogen) atoms. The molecular formula is C58H52O6. The number of hydrogen-bond donors (Lipinski definition) is 4. The van der Waals surface area contributed by atoms with Gasteiger partial charge in [0.1, 0.15) is 47.7 Å². The predicted molar refractivity (Wildman–Crippen MR) is 253 cm³/mol. The van der Waals surface area contributed by atoms with Crippen LogP contribution >= 0.6 is 0 Å².